The van der Waals surface area contributed by atoms with E-state index in [4.69, 9.17) is 4.52 Å². The normalized spacial score (nSPS) is 14.5. The molecule has 1 aliphatic heterocycles. The van der Waals surface area contributed by atoms with Crippen LogP contribution in [-0.4, -0.2) is 11.7 Å². The highest BCUT2D eigenvalue weighted by Gasteiger charge is 2.17. The van der Waals surface area contributed by atoms with Gasteiger partial charge >= 0.3 is 0 Å². The van der Waals surface area contributed by atoms with Gasteiger partial charge < -0.3 is 9.84 Å². The van der Waals surface area contributed by atoms with Gasteiger partial charge in [-0.2, -0.15) is 0 Å². The number of nitrogens with zero attached hydrogens (tertiary/aromatic N) is 1. The summed E-state index contributed by atoms with van der Waals surface area (Å²) >= 11 is 2.21. The number of aromatic nitrogens is 1. The smallest absolute Gasteiger partial charge is 0.168 e. The first-order chi connectivity index (χ1) is 6.36. The summed E-state index contributed by atoms with van der Waals surface area (Å²) in [5.74, 6) is 0. The van der Waals surface area contributed by atoms with Gasteiger partial charge in [-0.15, -0.1) is 0 Å². The molecule has 3 rings (SSSR count). The van der Waals surface area contributed by atoms with Crippen LogP contribution in [0, 0.1) is 3.70 Å². The predicted molar refractivity (Wildman–Crippen MR) is 58.9 cm³/mol. The molecule has 0 amide bonds. The maximum atomic E-state index is 5.19. The van der Waals surface area contributed by atoms with Gasteiger partial charge in [-0.25, -0.2) is 0 Å². The Hall–Kier alpha value is -0.780. The molecule has 0 bridgehead atoms. The lowest BCUT2D eigenvalue weighted by Crippen LogP contribution is -1.90. The van der Waals surface area contributed by atoms with Gasteiger partial charge in [0.2, 0.25) is 0 Å². The van der Waals surface area contributed by atoms with Crippen molar-refractivity contribution in [3.8, 4) is 0 Å². The monoisotopic (exact) mass is 286 g/mol. The molecular weight excluding hydrogens is 279 g/mol. The first-order valence-corrected chi connectivity index (χ1v) is 5.25. The van der Waals surface area contributed by atoms with E-state index in [1.165, 1.54) is 16.6 Å². The SMILES string of the molecule is Ic1noc2ccc3c(c12)CCN3. The summed E-state index contributed by atoms with van der Waals surface area (Å²) in [6, 6.07) is 4.04. The van der Waals surface area contributed by atoms with Gasteiger partial charge in [-0.1, -0.05) is 5.16 Å². The quantitative estimate of drug-likeness (QED) is 0.756. The van der Waals surface area contributed by atoms with E-state index in [2.05, 4.69) is 39.1 Å². The third kappa shape index (κ3) is 0.979. The van der Waals surface area contributed by atoms with Crippen molar-refractivity contribution in [2.75, 3.05) is 11.9 Å². The van der Waals surface area contributed by atoms with Crippen molar-refractivity contribution in [2.45, 2.75) is 6.42 Å². The second-order valence-electron chi connectivity index (χ2n) is 3.11. The van der Waals surface area contributed by atoms with Crippen molar-refractivity contribution in [2.24, 2.45) is 0 Å². The molecule has 2 aromatic rings. The summed E-state index contributed by atoms with van der Waals surface area (Å²) in [5.41, 5.74) is 3.48. The molecule has 66 valence electrons. The highest BCUT2D eigenvalue weighted by Crippen LogP contribution is 2.32. The number of nitrogens with one attached hydrogen (secondary N) is 1. The molecule has 0 fully saturated rings. The zero-order valence-corrected chi connectivity index (χ0v) is 8.96. The van der Waals surface area contributed by atoms with Crippen LogP contribution in [0.5, 0.6) is 0 Å². The van der Waals surface area contributed by atoms with Gasteiger partial charge in [0.15, 0.2) is 9.28 Å². The molecule has 0 atom stereocenters. The van der Waals surface area contributed by atoms with Crippen molar-refractivity contribution < 1.29 is 4.52 Å². The second-order valence-corrected chi connectivity index (χ2v) is 4.14. The van der Waals surface area contributed by atoms with E-state index < -0.39 is 0 Å². The lowest BCUT2D eigenvalue weighted by Gasteiger charge is -1.98. The van der Waals surface area contributed by atoms with Crippen LogP contribution in [0.1, 0.15) is 5.56 Å². The zero-order valence-electron chi connectivity index (χ0n) is 6.80. The first-order valence-electron chi connectivity index (χ1n) is 4.17. The van der Waals surface area contributed by atoms with Gasteiger partial charge in [0.25, 0.3) is 0 Å². The van der Waals surface area contributed by atoms with Gasteiger partial charge in [-0.05, 0) is 46.7 Å². The van der Waals surface area contributed by atoms with Crippen LogP contribution in [0.3, 0.4) is 0 Å². The Kier molecular flexibility index (Phi) is 1.52. The molecule has 3 nitrogen and oxygen atoms in total. The molecule has 0 aliphatic carbocycles. The van der Waals surface area contributed by atoms with Crippen LogP contribution in [0.2, 0.25) is 0 Å². The van der Waals surface area contributed by atoms with Gasteiger partial charge in [0.05, 0.1) is 5.39 Å². The predicted octanol–water partition coefficient (Wildman–Crippen LogP) is 2.40. The summed E-state index contributed by atoms with van der Waals surface area (Å²) in [6.45, 7) is 1.02. The van der Waals surface area contributed by atoms with Gasteiger partial charge in [0, 0.05) is 12.2 Å². The van der Waals surface area contributed by atoms with E-state index in [9.17, 15) is 0 Å². The molecule has 1 aromatic heterocycles. The van der Waals surface area contributed by atoms with Crippen molar-refractivity contribution in [3.05, 3.63) is 21.4 Å². The van der Waals surface area contributed by atoms with Crippen molar-refractivity contribution in [3.63, 3.8) is 0 Å². The Morgan fingerprint density at radius 2 is 2.38 bits per heavy atom. The Labute approximate surface area is 88.6 Å². The van der Waals surface area contributed by atoms with Crippen LogP contribution in [0.25, 0.3) is 11.0 Å². The summed E-state index contributed by atoms with van der Waals surface area (Å²) in [6.07, 6.45) is 1.07. The number of rotatable bonds is 0. The van der Waals surface area contributed by atoms with Gasteiger partial charge in [0.1, 0.15) is 0 Å². The summed E-state index contributed by atoms with van der Waals surface area (Å²) < 4.78 is 6.15. The minimum absolute atomic E-state index is 0.895. The van der Waals surface area contributed by atoms with Gasteiger partial charge in [-0.3, -0.25) is 0 Å². The highest BCUT2D eigenvalue weighted by atomic mass is 127. The third-order valence-corrected chi connectivity index (χ3v) is 3.13. The first kappa shape index (κ1) is 7.61. The number of halogens is 1. The van der Waals surface area contributed by atoms with E-state index in [1.807, 2.05) is 6.07 Å². The molecule has 0 saturated heterocycles. The standard InChI is InChI=1S/C9H7IN2O/c10-9-8-5-3-4-11-6(5)1-2-7(8)13-12-9/h1-2,11H,3-4H2. The van der Waals surface area contributed by atoms with Crippen LogP contribution < -0.4 is 5.32 Å². The molecule has 0 unspecified atom stereocenters. The summed E-state index contributed by atoms with van der Waals surface area (Å²) in [7, 11) is 0. The van der Waals surface area contributed by atoms with Crippen LogP contribution in [-0.2, 0) is 6.42 Å². The number of fused-ring (bicyclic) bond motifs is 3. The maximum absolute atomic E-state index is 5.19. The van der Waals surface area contributed by atoms with Crippen LogP contribution >= 0.6 is 22.6 Å². The Morgan fingerprint density at radius 1 is 1.46 bits per heavy atom. The Bertz CT molecular complexity index is 478. The average Bonchev–Trinajstić information content (AvgIpc) is 2.70. The van der Waals surface area contributed by atoms with Crippen molar-refractivity contribution in [1.29, 1.82) is 0 Å². The fourth-order valence-corrected chi connectivity index (χ4v) is 2.50. The second kappa shape index (κ2) is 2.60. The number of benzene rings is 1. The summed E-state index contributed by atoms with van der Waals surface area (Å²) in [4.78, 5) is 0. The average molecular weight is 286 g/mol. The minimum atomic E-state index is 0.895. The van der Waals surface area contributed by atoms with Crippen molar-refractivity contribution >= 4 is 39.2 Å². The molecule has 0 saturated carbocycles. The molecule has 0 radical (unpaired) electrons. The molecule has 1 aromatic carbocycles. The largest absolute Gasteiger partial charge is 0.384 e. The Morgan fingerprint density at radius 3 is 3.31 bits per heavy atom. The topological polar surface area (TPSA) is 38.1 Å². The molecule has 1 aliphatic rings. The number of anilines is 1. The molecule has 4 heteroatoms. The number of hydrogen-bond donors (Lipinski definition) is 1. The molecule has 1 N–H and O–H groups in total. The molecular formula is C9H7IN2O. The summed E-state index contributed by atoms with van der Waals surface area (Å²) in [5, 5.41) is 8.48. The maximum Gasteiger partial charge on any atom is 0.168 e. The number of hydrogen-bond acceptors (Lipinski definition) is 3. The van der Waals surface area contributed by atoms with E-state index in [0.29, 0.717) is 0 Å². The van der Waals surface area contributed by atoms with E-state index in [0.717, 1.165) is 22.2 Å². The lowest BCUT2D eigenvalue weighted by atomic mass is 10.1. The Balaban J connectivity index is 2.47. The van der Waals surface area contributed by atoms with E-state index >= 15 is 0 Å². The molecule has 0 spiro atoms. The third-order valence-electron chi connectivity index (χ3n) is 2.40. The molecule has 13 heavy (non-hydrogen) atoms. The lowest BCUT2D eigenvalue weighted by molar-refractivity contribution is 0.451. The van der Waals surface area contributed by atoms with E-state index in [-0.39, 0.29) is 0 Å². The molecule has 2 heterocycles. The highest BCUT2D eigenvalue weighted by molar-refractivity contribution is 14.1. The van der Waals surface area contributed by atoms with E-state index in [1.54, 1.807) is 0 Å². The van der Waals surface area contributed by atoms with Crippen LogP contribution in [0.15, 0.2) is 16.7 Å². The van der Waals surface area contributed by atoms with Crippen molar-refractivity contribution in [1.82, 2.24) is 5.16 Å². The minimum Gasteiger partial charge on any atom is -0.384 e. The fourth-order valence-electron chi connectivity index (χ4n) is 1.81. The fraction of sp³-hybridized carbons (Fsp3) is 0.222. The zero-order chi connectivity index (χ0) is 8.84. The van der Waals surface area contributed by atoms with Crippen LogP contribution in [0.4, 0.5) is 5.69 Å².